The van der Waals surface area contributed by atoms with Crippen LogP contribution in [-0.2, 0) is 0 Å². The van der Waals surface area contributed by atoms with Crippen LogP contribution < -0.4 is 16.2 Å². The number of aryl methyl sites for hydroxylation is 1. The predicted octanol–water partition coefficient (Wildman–Crippen LogP) is 3.25. The van der Waals surface area contributed by atoms with Crippen molar-refractivity contribution in [2.24, 2.45) is 0 Å². The van der Waals surface area contributed by atoms with Crippen LogP contribution in [0.2, 0.25) is 5.02 Å². The first-order valence-corrected chi connectivity index (χ1v) is 8.93. The number of halogens is 1. The third-order valence-corrected chi connectivity index (χ3v) is 4.22. The summed E-state index contributed by atoms with van der Waals surface area (Å²) in [4.78, 5) is 24.7. The SMILES string of the molecule is Cc1onc(-c2ccccc2)c1C(=O)NNC(=S)NC(=O)c1ccc(Cl)cc1. The van der Waals surface area contributed by atoms with Crippen molar-refractivity contribution in [3.63, 3.8) is 0 Å². The molecule has 142 valence electrons. The summed E-state index contributed by atoms with van der Waals surface area (Å²) < 4.78 is 5.16. The topological polar surface area (TPSA) is 96.3 Å². The summed E-state index contributed by atoms with van der Waals surface area (Å²) in [6, 6.07) is 15.5. The third-order valence-electron chi connectivity index (χ3n) is 3.76. The van der Waals surface area contributed by atoms with E-state index in [4.69, 9.17) is 28.3 Å². The molecule has 3 N–H and O–H groups in total. The maximum atomic E-state index is 12.6. The summed E-state index contributed by atoms with van der Waals surface area (Å²) in [6.07, 6.45) is 0. The number of thiocarbonyl (C=S) groups is 1. The van der Waals surface area contributed by atoms with Crippen LogP contribution in [0.1, 0.15) is 26.5 Å². The van der Waals surface area contributed by atoms with Crippen LogP contribution >= 0.6 is 23.8 Å². The summed E-state index contributed by atoms with van der Waals surface area (Å²) in [5, 5.41) is 6.86. The Hall–Kier alpha value is -3.23. The first-order valence-electron chi connectivity index (χ1n) is 8.14. The van der Waals surface area contributed by atoms with Gasteiger partial charge in [-0.1, -0.05) is 47.1 Å². The highest BCUT2D eigenvalue weighted by Crippen LogP contribution is 2.24. The van der Waals surface area contributed by atoms with E-state index in [1.54, 1.807) is 31.2 Å². The van der Waals surface area contributed by atoms with Gasteiger partial charge in [-0.15, -0.1) is 0 Å². The van der Waals surface area contributed by atoms with Crippen LogP contribution in [0.25, 0.3) is 11.3 Å². The lowest BCUT2D eigenvalue weighted by molar-refractivity contribution is 0.0933. The Morgan fingerprint density at radius 2 is 1.68 bits per heavy atom. The highest BCUT2D eigenvalue weighted by molar-refractivity contribution is 7.80. The number of nitrogens with one attached hydrogen (secondary N) is 3. The molecule has 1 aromatic heterocycles. The van der Waals surface area contributed by atoms with E-state index in [-0.39, 0.29) is 10.7 Å². The molecule has 7 nitrogen and oxygen atoms in total. The number of benzene rings is 2. The molecule has 0 unspecified atom stereocenters. The van der Waals surface area contributed by atoms with Gasteiger partial charge in [-0.3, -0.25) is 25.8 Å². The van der Waals surface area contributed by atoms with Gasteiger partial charge in [0.1, 0.15) is 17.0 Å². The Bertz CT molecular complexity index is 1020. The normalized spacial score (nSPS) is 10.2. The molecule has 0 bridgehead atoms. The van der Waals surface area contributed by atoms with Gasteiger partial charge >= 0.3 is 0 Å². The highest BCUT2D eigenvalue weighted by Gasteiger charge is 2.21. The van der Waals surface area contributed by atoms with E-state index >= 15 is 0 Å². The Morgan fingerprint density at radius 3 is 2.36 bits per heavy atom. The van der Waals surface area contributed by atoms with Gasteiger partial charge in [-0.05, 0) is 43.4 Å². The fraction of sp³-hybridized carbons (Fsp3) is 0.0526. The average molecular weight is 415 g/mol. The maximum absolute atomic E-state index is 12.6. The first kappa shape index (κ1) is 19.5. The van der Waals surface area contributed by atoms with E-state index in [0.29, 0.717) is 22.0 Å². The Labute approximate surface area is 171 Å². The first-order chi connectivity index (χ1) is 13.5. The van der Waals surface area contributed by atoms with Gasteiger partial charge in [0.15, 0.2) is 5.11 Å². The second-order valence-corrected chi connectivity index (χ2v) is 6.54. The van der Waals surface area contributed by atoms with Gasteiger partial charge in [0.2, 0.25) is 0 Å². The summed E-state index contributed by atoms with van der Waals surface area (Å²) in [6.45, 7) is 1.63. The quantitative estimate of drug-likeness (QED) is 0.449. The third kappa shape index (κ3) is 4.54. The van der Waals surface area contributed by atoms with Crippen molar-refractivity contribution in [1.29, 1.82) is 0 Å². The minimum Gasteiger partial charge on any atom is -0.360 e. The van der Waals surface area contributed by atoms with Gasteiger partial charge in [0.05, 0.1) is 0 Å². The molecule has 0 atom stereocenters. The van der Waals surface area contributed by atoms with E-state index in [9.17, 15) is 9.59 Å². The summed E-state index contributed by atoms with van der Waals surface area (Å²) in [7, 11) is 0. The smallest absolute Gasteiger partial charge is 0.275 e. The molecule has 0 saturated carbocycles. The fourth-order valence-corrected chi connectivity index (χ4v) is 2.69. The lowest BCUT2D eigenvalue weighted by Gasteiger charge is -2.11. The van der Waals surface area contributed by atoms with Gasteiger partial charge in [-0.25, -0.2) is 0 Å². The maximum Gasteiger partial charge on any atom is 0.275 e. The van der Waals surface area contributed by atoms with Crippen molar-refractivity contribution >= 4 is 40.7 Å². The second kappa shape index (κ2) is 8.64. The number of hydrogen-bond donors (Lipinski definition) is 3. The van der Waals surface area contributed by atoms with E-state index in [2.05, 4.69) is 21.3 Å². The van der Waals surface area contributed by atoms with E-state index in [1.807, 2.05) is 30.3 Å². The van der Waals surface area contributed by atoms with Crippen LogP contribution in [0.5, 0.6) is 0 Å². The van der Waals surface area contributed by atoms with Gasteiger partial charge in [-0.2, -0.15) is 0 Å². The molecule has 9 heteroatoms. The molecule has 1 heterocycles. The van der Waals surface area contributed by atoms with Gasteiger partial charge in [0.25, 0.3) is 11.8 Å². The van der Waals surface area contributed by atoms with Crippen LogP contribution in [0, 0.1) is 6.92 Å². The van der Waals surface area contributed by atoms with Crippen LogP contribution in [0.15, 0.2) is 59.1 Å². The van der Waals surface area contributed by atoms with Gasteiger partial charge < -0.3 is 4.52 Å². The number of nitrogens with zero attached hydrogens (tertiary/aromatic N) is 1. The van der Waals surface area contributed by atoms with Crippen LogP contribution in [0.4, 0.5) is 0 Å². The zero-order chi connectivity index (χ0) is 20.1. The molecule has 3 rings (SSSR count). The number of amides is 2. The molecule has 0 aliphatic heterocycles. The van der Waals surface area contributed by atoms with Crippen molar-refractivity contribution < 1.29 is 14.1 Å². The minimum atomic E-state index is -0.499. The number of aromatic nitrogens is 1. The zero-order valence-electron chi connectivity index (χ0n) is 14.7. The Kier molecular flexibility index (Phi) is 6.03. The molecule has 0 fully saturated rings. The number of hydrogen-bond acceptors (Lipinski definition) is 5. The van der Waals surface area contributed by atoms with Crippen molar-refractivity contribution in [2.75, 3.05) is 0 Å². The predicted molar refractivity (Wildman–Crippen MR) is 109 cm³/mol. The lowest BCUT2D eigenvalue weighted by atomic mass is 10.1. The second-order valence-electron chi connectivity index (χ2n) is 5.70. The van der Waals surface area contributed by atoms with Crippen LogP contribution in [-0.4, -0.2) is 22.1 Å². The molecule has 0 spiro atoms. The average Bonchev–Trinajstić information content (AvgIpc) is 3.09. The standard InChI is InChI=1S/C19H15ClN4O3S/c1-11-15(16(24-27-11)12-5-3-2-4-6-12)18(26)22-23-19(28)21-17(25)13-7-9-14(20)10-8-13/h2-10H,1H3,(H,22,26)(H2,21,23,25,28). The number of carbonyl (C=O) groups excluding carboxylic acids is 2. The molecule has 0 saturated heterocycles. The van der Waals surface area contributed by atoms with Crippen molar-refractivity contribution in [3.05, 3.63) is 76.5 Å². The van der Waals surface area contributed by atoms with Crippen LogP contribution in [0.3, 0.4) is 0 Å². The minimum absolute atomic E-state index is 0.0660. The Morgan fingerprint density at radius 1 is 1.00 bits per heavy atom. The molecule has 0 aliphatic rings. The largest absolute Gasteiger partial charge is 0.360 e. The fourth-order valence-electron chi connectivity index (χ4n) is 2.42. The van der Waals surface area contributed by atoms with Crippen molar-refractivity contribution in [1.82, 2.24) is 21.3 Å². The molecular formula is C19H15ClN4O3S. The van der Waals surface area contributed by atoms with E-state index < -0.39 is 11.8 Å². The zero-order valence-corrected chi connectivity index (χ0v) is 16.2. The molecule has 2 amide bonds. The van der Waals surface area contributed by atoms with E-state index in [0.717, 1.165) is 5.56 Å². The number of hydrazine groups is 1. The summed E-state index contributed by atoms with van der Waals surface area (Å²) >= 11 is 10.8. The summed E-state index contributed by atoms with van der Waals surface area (Å²) in [5.74, 6) is -0.579. The molecule has 2 aromatic carbocycles. The van der Waals surface area contributed by atoms with Crippen molar-refractivity contribution in [2.45, 2.75) is 6.92 Å². The van der Waals surface area contributed by atoms with Gasteiger partial charge in [0, 0.05) is 16.1 Å². The molecule has 28 heavy (non-hydrogen) atoms. The van der Waals surface area contributed by atoms with E-state index in [1.165, 1.54) is 0 Å². The molecule has 3 aromatic rings. The molecule has 0 radical (unpaired) electrons. The Balaban J connectivity index is 1.63. The highest BCUT2D eigenvalue weighted by atomic mass is 35.5. The van der Waals surface area contributed by atoms with Crippen molar-refractivity contribution in [3.8, 4) is 11.3 Å². The summed E-state index contributed by atoms with van der Waals surface area (Å²) in [5.41, 5.74) is 6.72. The monoisotopic (exact) mass is 414 g/mol. The molecular weight excluding hydrogens is 400 g/mol. The molecule has 0 aliphatic carbocycles. The number of carbonyl (C=O) groups is 2. The lowest BCUT2D eigenvalue weighted by Crippen LogP contribution is -2.48. The number of rotatable bonds is 3.